The highest BCUT2D eigenvalue weighted by molar-refractivity contribution is 6.13. The quantitative estimate of drug-likeness (QED) is 0.778. The van der Waals surface area contributed by atoms with Crippen LogP contribution >= 0.6 is 0 Å². The Bertz CT molecular complexity index is 1060. The van der Waals surface area contributed by atoms with Crippen molar-refractivity contribution in [2.45, 2.75) is 25.7 Å². The normalized spacial score (nSPS) is 18.6. The van der Waals surface area contributed by atoms with Gasteiger partial charge in [-0.1, -0.05) is 13.0 Å². The Balaban J connectivity index is 2.15. The van der Waals surface area contributed by atoms with E-state index in [4.69, 9.17) is 5.26 Å². The van der Waals surface area contributed by atoms with Crippen molar-refractivity contribution < 1.29 is 13.6 Å². The zero-order chi connectivity index (χ0) is 19.6. The van der Waals surface area contributed by atoms with Crippen LogP contribution in [-0.4, -0.2) is 21.5 Å². The van der Waals surface area contributed by atoms with Crippen LogP contribution in [0.15, 0.2) is 23.5 Å². The average molecular weight is 368 g/mol. The minimum atomic E-state index is -1.21. The van der Waals surface area contributed by atoms with E-state index in [1.54, 1.807) is 18.5 Å². The van der Waals surface area contributed by atoms with E-state index in [0.717, 1.165) is 29.3 Å². The van der Waals surface area contributed by atoms with Gasteiger partial charge in [0.05, 0.1) is 23.1 Å². The van der Waals surface area contributed by atoms with E-state index in [9.17, 15) is 13.6 Å². The molecule has 0 fully saturated rings. The van der Waals surface area contributed by atoms with Crippen LogP contribution in [0.3, 0.4) is 0 Å². The van der Waals surface area contributed by atoms with Crippen LogP contribution < -0.4 is 10.7 Å². The number of nitriles is 1. The molecular formula is C20H18F2N4O. The van der Waals surface area contributed by atoms with Gasteiger partial charge in [-0.3, -0.25) is 0 Å². The first-order chi connectivity index (χ1) is 13.0. The lowest BCUT2D eigenvalue weighted by Gasteiger charge is -2.13. The summed E-state index contributed by atoms with van der Waals surface area (Å²) in [7, 11) is 1.84. The van der Waals surface area contributed by atoms with Crippen molar-refractivity contribution in [1.82, 2.24) is 9.55 Å². The standard InChI is InChI=1S/C20H18F2N4O/c1-3-12-4-5-17-19(26(2)11-24-17)8-18(12)25-20-15(21)6-13(7-16(20)22)14(9-23)10-27/h5-8,10-12,14H,3-4H2,1-2H3. The van der Waals surface area contributed by atoms with E-state index >= 15 is 0 Å². The Kier molecular flexibility index (Phi) is 5.26. The number of aromatic nitrogens is 2. The molecule has 0 saturated heterocycles. The van der Waals surface area contributed by atoms with Gasteiger partial charge in [-0.15, -0.1) is 0 Å². The van der Waals surface area contributed by atoms with Crippen molar-refractivity contribution in [1.29, 1.82) is 5.26 Å². The number of aryl methyl sites for hydroxylation is 1. The van der Waals surface area contributed by atoms with E-state index in [1.807, 2.05) is 24.6 Å². The summed E-state index contributed by atoms with van der Waals surface area (Å²) in [6.07, 6.45) is 7.25. The molecule has 27 heavy (non-hydrogen) atoms. The van der Waals surface area contributed by atoms with Crippen molar-refractivity contribution >= 4 is 29.8 Å². The van der Waals surface area contributed by atoms with Gasteiger partial charge in [0.1, 0.15) is 17.9 Å². The maximum absolute atomic E-state index is 14.5. The van der Waals surface area contributed by atoms with E-state index in [-0.39, 0.29) is 11.5 Å². The maximum atomic E-state index is 14.5. The van der Waals surface area contributed by atoms with Gasteiger partial charge >= 0.3 is 0 Å². The zero-order valence-corrected chi connectivity index (χ0v) is 15.0. The van der Waals surface area contributed by atoms with E-state index in [2.05, 4.69) is 9.98 Å². The van der Waals surface area contributed by atoms with Gasteiger partial charge in [0.15, 0.2) is 11.6 Å². The molecule has 1 aliphatic rings. The number of hydrogen-bond acceptors (Lipinski definition) is 4. The summed E-state index contributed by atoms with van der Waals surface area (Å²) in [6, 6.07) is 3.69. The first-order valence-electron chi connectivity index (χ1n) is 8.60. The number of rotatable bonds is 4. The van der Waals surface area contributed by atoms with E-state index in [1.165, 1.54) is 0 Å². The fourth-order valence-corrected chi connectivity index (χ4v) is 3.11. The topological polar surface area (TPSA) is 71.0 Å². The van der Waals surface area contributed by atoms with Crippen molar-refractivity contribution in [3.63, 3.8) is 0 Å². The van der Waals surface area contributed by atoms with Gasteiger partial charge in [-0.25, -0.2) is 18.8 Å². The molecule has 5 nitrogen and oxygen atoms in total. The van der Waals surface area contributed by atoms with Crippen LogP contribution in [0.25, 0.3) is 12.2 Å². The summed E-state index contributed by atoms with van der Waals surface area (Å²) in [4.78, 5) is 19.5. The van der Waals surface area contributed by atoms with Gasteiger partial charge < -0.3 is 9.36 Å². The molecule has 1 aromatic heterocycles. The summed E-state index contributed by atoms with van der Waals surface area (Å²) >= 11 is 0. The van der Waals surface area contributed by atoms with Gasteiger partial charge in [0.2, 0.25) is 0 Å². The third-order valence-corrected chi connectivity index (χ3v) is 4.72. The molecule has 1 aliphatic carbocycles. The largest absolute Gasteiger partial charge is 0.334 e. The molecule has 1 heterocycles. The Hall–Kier alpha value is -3.14. The lowest BCUT2D eigenvalue weighted by Crippen LogP contribution is -2.29. The molecular weight excluding hydrogens is 350 g/mol. The molecule has 0 N–H and O–H groups in total. The van der Waals surface area contributed by atoms with Crippen molar-refractivity contribution in [2.24, 2.45) is 18.0 Å². The molecule has 0 amide bonds. The fraction of sp³-hybridized carbons (Fsp3) is 0.300. The predicted octanol–water partition coefficient (Wildman–Crippen LogP) is 2.27. The van der Waals surface area contributed by atoms with E-state index in [0.29, 0.717) is 18.4 Å². The predicted molar refractivity (Wildman–Crippen MR) is 97.7 cm³/mol. The smallest absolute Gasteiger partial charge is 0.152 e. The Labute approximate surface area is 155 Å². The van der Waals surface area contributed by atoms with Crippen molar-refractivity contribution in [3.05, 3.63) is 46.4 Å². The second-order valence-electron chi connectivity index (χ2n) is 6.43. The highest BCUT2D eigenvalue weighted by atomic mass is 19.1. The van der Waals surface area contributed by atoms with Crippen LogP contribution in [0.4, 0.5) is 14.5 Å². The van der Waals surface area contributed by atoms with Gasteiger partial charge in [-0.05, 0) is 36.6 Å². The van der Waals surface area contributed by atoms with Crippen LogP contribution in [0, 0.1) is 28.9 Å². The molecule has 2 aromatic rings. The number of nitrogens with zero attached hydrogens (tertiary/aromatic N) is 4. The number of fused-ring (bicyclic) bond motifs is 1. The second kappa shape index (κ2) is 7.62. The molecule has 138 valence electrons. The van der Waals surface area contributed by atoms with Crippen molar-refractivity contribution in [2.75, 3.05) is 0 Å². The van der Waals surface area contributed by atoms with Crippen LogP contribution in [-0.2, 0) is 11.8 Å². The summed E-state index contributed by atoms with van der Waals surface area (Å²) in [6.45, 7) is 1.99. The molecule has 3 rings (SSSR count). The molecule has 0 radical (unpaired) electrons. The number of carbonyl (C=O) groups excluding carboxylic acids is 1. The number of aliphatic imine (C=N–C) groups is 1. The van der Waals surface area contributed by atoms with Crippen molar-refractivity contribution in [3.8, 4) is 6.07 Å². The Morgan fingerprint density at radius 3 is 2.74 bits per heavy atom. The van der Waals surface area contributed by atoms with Crippen LogP contribution in [0.1, 0.15) is 31.2 Å². The molecule has 0 spiro atoms. The van der Waals surface area contributed by atoms with E-state index < -0.39 is 23.2 Å². The fourth-order valence-electron chi connectivity index (χ4n) is 3.11. The molecule has 0 aliphatic heterocycles. The molecule has 2 atom stereocenters. The number of aldehydes is 1. The minimum absolute atomic E-state index is 0.000455. The Morgan fingerprint density at radius 1 is 1.44 bits per heavy atom. The average Bonchev–Trinajstić information content (AvgIpc) is 2.89. The Morgan fingerprint density at radius 2 is 2.15 bits per heavy atom. The number of halogens is 2. The third kappa shape index (κ3) is 3.56. The lowest BCUT2D eigenvalue weighted by atomic mass is 9.96. The summed E-state index contributed by atoms with van der Waals surface area (Å²) < 4.78 is 30.9. The third-order valence-electron chi connectivity index (χ3n) is 4.72. The minimum Gasteiger partial charge on any atom is -0.334 e. The number of imidazole rings is 1. The van der Waals surface area contributed by atoms with Gasteiger partial charge in [-0.2, -0.15) is 5.26 Å². The molecule has 2 unspecified atom stereocenters. The SMILES string of the molecule is CCC1CC=c2ncn(C)c2=CC1=Nc1c(F)cc(C(C#N)C=O)cc1F. The first kappa shape index (κ1) is 18.6. The van der Waals surface area contributed by atoms with Gasteiger partial charge in [0, 0.05) is 18.7 Å². The number of benzene rings is 1. The molecule has 7 heteroatoms. The summed E-state index contributed by atoms with van der Waals surface area (Å²) in [5.74, 6) is -3.02. The highest BCUT2D eigenvalue weighted by Gasteiger charge is 2.20. The molecule has 0 saturated carbocycles. The molecule has 0 bridgehead atoms. The number of carbonyl (C=O) groups is 1. The van der Waals surface area contributed by atoms with Crippen LogP contribution in [0.5, 0.6) is 0 Å². The number of hydrogen-bond donors (Lipinski definition) is 0. The first-order valence-corrected chi connectivity index (χ1v) is 8.60. The summed E-state index contributed by atoms with van der Waals surface area (Å²) in [5.41, 5.74) is 0.121. The lowest BCUT2D eigenvalue weighted by molar-refractivity contribution is -0.108. The summed E-state index contributed by atoms with van der Waals surface area (Å²) in [5, 5.41) is 10.6. The second-order valence-corrected chi connectivity index (χ2v) is 6.43. The monoisotopic (exact) mass is 368 g/mol. The highest BCUT2D eigenvalue weighted by Crippen LogP contribution is 2.28. The van der Waals surface area contributed by atoms with Gasteiger partial charge in [0.25, 0.3) is 0 Å². The van der Waals surface area contributed by atoms with Crippen LogP contribution in [0.2, 0.25) is 0 Å². The zero-order valence-electron chi connectivity index (χ0n) is 15.0. The molecule has 1 aromatic carbocycles. The maximum Gasteiger partial charge on any atom is 0.152 e.